The second-order valence-corrected chi connectivity index (χ2v) is 6.79. The summed E-state index contributed by atoms with van der Waals surface area (Å²) >= 11 is 1.24. The van der Waals surface area contributed by atoms with Gasteiger partial charge in [-0.1, -0.05) is 0 Å². The summed E-state index contributed by atoms with van der Waals surface area (Å²) in [7, 11) is 0. The number of ether oxygens (including phenoxy) is 1. The molecule has 0 saturated carbocycles. The summed E-state index contributed by atoms with van der Waals surface area (Å²) in [5.74, 6) is -0.486. The molecule has 8 nitrogen and oxygen atoms in total. The van der Waals surface area contributed by atoms with Crippen LogP contribution < -0.4 is 5.32 Å². The summed E-state index contributed by atoms with van der Waals surface area (Å²) in [5, 5.41) is 42.0. The molecule has 5 atom stereocenters. The lowest BCUT2D eigenvalue weighted by molar-refractivity contribution is -0.233. The van der Waals surface area contributed by atoms with E-state index in [2.05, 4.69) is 10.3 Å². The van der Waals surface area contributed by atoms with E-state index < -0.39 is 43.2 Å². The molecule has 2 aromatic heterocycles. The fourth-order valence-corrected chi connectivity index (χ4v) is 3.64. The maximum atomic E-state index is 12.4. The molecule has 0 spiro atoms. The Morgan fingerprint density at radius 2 is 2.04 bits per heavy atom. The van der Waals surface area contributed by atoms with Gasteiger partial charge in [0, 0.05) is 12.4 Å². The van der Waals surface area contributed by atoms with Crippen molar-refractivity contribution in [3.8, 4) is 0 Å². The van der Waals surface area contributed by atoms with Crippen molar-refractivity contribution in [1.29, 1.82) is 0 Å². The highest BCUT2D eigenvalue weighted by atomic mass is 32.1. The number of hydrogen-bond acceptors (Lipinski definition) is 8. The maximum Gasteiger partial charge on any atom is 0.263 e. The van der Waals surface area contributed by atoms with Crippen molar-refractivity contribution < 1.29 is 30.0 Å². The highest BCUT2D eigenvalue weighted by molar-refractivity contribution is 7.20. The molecule has 1 aliphatic heterocycles. The van der Waals surface area contributed by atoms with Gasteiger partial charge in [0.05, 0.1) is 16.2 Å². The minimum absolute atomic E-state index is 0.401. The van der Waals surface area contributed by atoms with Crippen molar-refractivity contribution in [1.82, 2.24) is 10.3 Å². The Bertz CT molecular complexity index is 749. The van der Waals surface area contributed by atoms with Crippen molar-refractivity contribution in [2.24, 2.45) is 0 Å². The average Bonchev–Trinajstić information content (AvgIpc) is 3.01. The van der Waals surface area contributed by atoms with Gasteiger partial charge in [-0.3, -0.25) is 9.78 Å². The van der Waals surface area contributed by atoms with Crippen LogP contribution in [0, 0.1) is 6.92 Å². The standard InChI is InChI=1S/C15H18N2O6S/c1-6-3-16-4-10-7(6)2-9(24-10)14(22)17-15-13(21)12(20)11(19)8(5-18)23-15/h2-4,8,11-13,15,18-21H,5H2,1H3,(H,17,22)/t8-,11-,12+,13-,15-/m1/s1. The van der Waals surface area contributed by atoms with Gasteiger partial charge in [-0.2, -0.15) is 0 Å². The normalized spacial score (nSPS) is 30.5. The smallest absolute Gasteiger partial charge is 0.263 e. The number of nitrogens with zero attached hydrogens (tertiary/aromatic N) is 1. The number of pyridine rings is 1. The Balaban J connectivity index is 1.79. The number of aromatic nitrogens is 1. The summed E-state index contributed by atoms with van der Waals surface area (Å²) in [6.45, 7) is 1.34. The second kappa shape index (κ2) is 6.71. The first-order chi connectivity index (χ1) is 11.4. The Hall–Kier alpha value is -1.62. The van der Waals surface area contributed by atoms with Crippen molar-refractivity contribution >= 4 is 27.3 Å². The number of nitrogens with one attached hydrogen (secondary N) is 1. The molecule has 2 aromatic rings. The van der Waals surface area contributed by atoms with Gasteiger partial charge < -0.3 is 30.5 Å². The first kappa shape index (κ1) is 17.2. The van der Waals surface area contributed by atoms with Crippen LogP contribution >= 0.6 is 11.3 Å². The number of thiophene rings is 1. The number of carbonyl (C=O) groups is 1. The molecule has 0 aromatic carbocycles. The van der Waals surface area contributed by atoms with E-state index in [1.54, 1.807) is 18.5 Å². The molecule has 0 aliphatic carbocycles. The van der Waals surface area contributed by atoms with Gasteiger partial charge in [0.2, 0.25) is 0 Å². The van der Waals surface area contributed by atoms with E-state index in [0.717, 1.165) is 15.6 Å². The molecule has 1 saturated heterocycles. The summed E-state index contributed by atoms with van der Waals surface area (Å²) in [4.78, 5) is 16.9. The molecule has 1 amide bonds. The number of rotatable bonds is 3. The molecule has 0 radical (unpaired) electrons. The number of carbonyl (C=O) groups excluding carboxylic acids is 1. The van der Waals surface area contributed by atoms with E-state index in [1.807, 2.05) is 6.92 Å². The molecule has 0 unspecified atom stereocenters. The zero-order chi connectivity index (χ0) is 17.4. The third kappa shape index (κ3) is 3.02. The number of aliphatic hydroxyl groups excluding tert-OH is 4. The van der Waals surface area contributed by atoms with E-state index >= 15 is 0 Å². The number of amides is 1. The lowest BCUT2D eigenvalue weighted by Crippen LogP contribution is -2.63. The minimum Gasteiger partial charge on any atom is -0.394 e. The molecular weight excluding hydrogens is 336 g/mol. The third-order valence-electron chi connectivity index (χ3n) is 4.04. The maximum absolute atomic E-state index is 12.4. The van der Waals surface area contributed by atoms with Crippen molar-refractivity contribution in [3.63, 3.8) is 0 Å². The first-order valence-corrected chi connectivity index (χ1v) is 8.19. The van der Waals surface area contributed by atoms with Crippen LogP contribution in [0.4, 0.5) is 0 Å². The molecule has 1 fully saturated rings. The highest BCUT2D eigenvalue weighted by Crippen LogP contribution is 2.27. The Morgan fingerprint density at radius 1 is 1.29 bits per heavy atom. The van der Waals surface area contributed by atoms with Crippen LogP contribution in [0.1, 0.15) is 15.2 Å². The SMILES string of the molecule is Cc1cncc2sc(C(=O)N[C@@H]3O[C@H](CO)[C@@H](O)[C@H](O)[C@H]3O)cc12. The van der Waals surface area contributed by atoms with E-state index in [9.17, 15) is 20.1 Å². The van der Waals surface area contributed by atoms with Gasteiger partial charge in [0.25, 0.3) is 5.91 Å². The number of fused-ring (bicyclic) bond motifs is 1. The molecule has 130 valence electrons. The Labute approximate surface area is 141 Å². The predicted octanol–water partition coefficient (Wildman–Crippen LogP) is -0.866. The van der Waals surface area contributed by atoms with Crippen molar-refractivity contribution in [2.45, 2.75) is 37.6 Å². The van der Waals surface area contributed by atoms with Crippen molar-refractivity contribution in [3.05, 3.63) is 28.9 Å². The van der Waals surface area contributed by atoms with Crippen LogP contribution in [0.25, 0.3) is 10.1 Å². The zero-order valence-corrected chi connectivity index (χ0v) is 13.6. The van der Waals surface area contributed by atoms with E-state index in [4.69, 9.17) is 9.84 Å². The largest absolute Gasteiger partial charge is 0.394 e. The number of aliphatic hydroxyl groups is 4. The zero-order valence-electron chi connectivity index (χ0n) is 12.8. The minimum atomic E-state index is -1.53. The molecule has 3 rings (SSSR count). The molecule has 3 heterocycles. The summed E-state index contributed by atoms with van der Waals surface area (Å²) in [6.07, 6.45) is -3.44. The van der Waals surface area contributed by atoms with Crippen molar-refractivity contribution in [2.75, 3.05) is 6.61 Å². The van der Waals surface area contributed by atoms with Crippen LogP contribution in [0.3, 0.4) is 0 Å². The van der Waals surface area contributed by atoms with Gasteiger partial charge in [-0.05, 0) is 23.9 Å². The highest BCUT2D eigenvalue weighted by Gasteiger charge is 2.44. The number of hydrogen-bond donors (Lipinski definition) is 5. The van der Waals surface area contributed by atoms with Gasteiger partial charge in [0.1, 0.15) is 24.4 Å². The summed E-state index contributed by atoms with van der Waals surface area (Å²) < 4.78 is 6.13. The van der Waals surface area contributed by atoms with Crippen LogP contribution in [0.15, 0.2) is 18.5 Å². The van der Waals surface area contributed by atoms with Crippen LogP contribution in [0.2, 0.25) is 0 Å². The summed E-state index contributed by atoms with van der Waals surface area (Å²) in [5.41, 5.74) is 0.940. The fourth-order valence-electron chi connectivity index (χ4n) is 2.63. The average molecular weight is 354 g/mol. The lowest BCUT2D eigenvalue weighted by atomic mass is 9.98. The first-order valence-electron chi connectivity index (χ1n) is 7.38. The van der Waals surface area contributed by atoms with Gasteiger partial charge in [-0.25, -0.2) is 0 Å². The van der Waals surface area contributed by atoms with Crippen LogP contribution in [-0.2, 0) is 4.74 Å². The third-order valence-corrected chi connectivity index (χ3v) is 5.10. The van der Waals surface area contributed by atoms with Gasteiger partial charge in [-0.15, -0.1) is 11.3 Å². The second-order valence-electron chi connectivity index (χ2n) is 5.70. The predicted molar refractivity (Wildman–Crippen MR) is 85.6 cm³/mol. The molecule has 24 heavy (non-hydrogen) atoms. The molecule has 1 aliphatic rings. The monoisotopic (exact) mass is 354 g/mol. The topological polar surface area (TPSA) is 132 Å². The lowest BCUT2D eigenvalue weighted by Gasteiger charge is -2.40. The van der Waals surface area contributed by atoms with E-state index in [-0.39, 0.29) is 0 Å². The van der Waals surface area contributed by atoms with Crippen LogP contribution in [0.5, 0.6) is 0 Å². The van der Waals surface area contributed by atoms with E-state index in [1.165, 1.54) is 11.3 Å². The quantitative estimate of drug-likeness (QED) is 0.484. The Kier molecular flexibility index (Phi) is 4.81. The van der Waals surface area contributed by atoms with E-state index in [0.29, 0.717) is 4.88 Å². The number of aryl methyl sites for hydroxylation is 1. The van der Waals surface area contributed by atoms with Crippen LogP contribution in [-0.4, -0.2) is 68.6 Å². The molecular formula is C15H18N2O6S. The van der Waals surface area contributed by atoms with Gasteiger partial charge in [0.15, 0.2) is 6.23 Å². The fraction of sp³-hybridized carbons (Fsp3) is 0.467. The summed E-state index contributed by atoms with van der Waals surface area (Å²) in [6, 6.07) is 1.72. The molecule has 9 heteroatoms. The molecule has 5 N–H and O–H groups in total. The molecule has 0 bridgehead atoms. The Morgan fingerprint density at radius 3 is 2.71 bits per heavy atom. The van der Waals surface area contributed by atoms with Gasteiger partial charge >= 0.3 is 0 Å².